The molecule has 2 aromatic rings. The van der Waals surface area contributed by atoms with Crippen LogP contribution in [-0.2, 0) is 14.4 Å². The van der Waals surface area contributed by atoms with Crippen molar-refractivity contribution in [2.45, 2.75) is 0 Å². The molecule has 0 aliphatic carbocycles. The molecule has 152 valence electrons. The van der Waals surface area contributed by atoms with Crippen LogP contribution in [0, 0.1) is 0 Å². The number of rotatable bonds is 8. The van der Waals surface area contributed by atoms with Gasteiger partial charge in [0.1, 0.15) is 12.4 Å². The van der Waals surface area contributed by atoms with Crippen LogP contribution >= 0.6 is 0 Å². The van der Waals surface area contributed by atoms with Crippen molar-refractivity contribution < 1.29 is 33.7 Å². The lowest BCUT2D eigenvalue weighted by Crippen LogP contribution is -2.32. The molecule has 2 aromatic carbocycles. The van der Waals surface area contributed by atoms with E-state index in [-0.39, 0.29) is 11.5 Å². The molecule has 2 N–H and O–H groups in total. The third kappa shape index (κ3) is 6.54. The Morgan fingerprint density at radius 2 is 1.72 bits per heavy atom. The van der Waals surface area contributed by atoms with Crippen molar-refractivity contribution in [2.75, 3.05) is 26.1 Å². The van der Waals surface area contributed by atoms with Crippen molar-refractivity contribution in [3.8, 4) is 17.2 Å². The predicted octanol–water partition coefficient (Wildman–Crippen LogP) is -0.0787. The van der Waals surface area contributed by atoms with E-state index in [0.29, 0.717) is 17.0 Å². The van der Waals surface area contributed by atoms with E-state index in [4.69, 9.17) is 14.2 Å². The summed E-state index contributed by atoms with van der Waals surface area (Å²) < 4.78 is 15.1. The average Bonchev–Trinajstić information content (AvgIpc) is 2.72. The summed E-state index contributed by atoms with van der Waals surface area (Å²) in [5.74, 6) is -2.14. The molecular formula is C19H18N3O7-. The Labute approximate surface area is 166 Å². The smallest absolute Gasteiger partial charge is 0.329 e. The van der Waals surface area contributed by atoms with E-state index in [2.05, 4.69) is 15.8 Å². The topological polar surface area (TPSA) is 138 Å². The Kier molecular flexibility index (Phi) is 7.54. The standard InChI is InChI=1S/C19H19N3O7/c1-27-14-6-4-13(5-7-14)21-18(25)19(26)22-20-10-12-3-8-15(16(9-12)28-2)29-11-17(23)24/h3-10H,11H2,1-2H3,(H,21,25)(H,22,26)(H,23,24)/p-1/b20-10-. The minimum Gasteiger partial charge on any atom is -0.546 e. The first-order chi connectivity index (χ1) is 13.9. The molecule has 10 nitrogen and oxygen atoms in total. The first kappa shape index (κ1) is 21.2. The molecule has 0 saturated carbocycles. The van der Waals surface area contributed by atoms with Gasteiger partial charge in [-0.2, -0.15) is 5.10 Å². The van der Waals surface area contributed by atoms with E-state index in [1.165, 1.54) is 32.6 Å². The molecule has 0 heterocycles. The summed E-state index contributed by atoms with van der Waals surface area (Å²) in [5.41, 5.74) is 3.04. The van der Waals surface area contributed by atoms with Crippen LogP contribution in [0.2, 0.25) is 0 Å². The number of nitrogens with one attached hydrogen (secondary N) is 2. The lowest BCUT2D eigenvalue weighted by molar-refractivity contribution is -0.307. The zero-order valence-electron chi connectivity index (χ0n) is 15.6. The fourth-order valence-corrected chi connectivity index (χ4v) is 2.10. The number of nitrogens with zero attached hydrogens (tertiary/aromatic N) is 1. The molecule has 0 aromatic heterocycles. The molecule has 29 heavy (non-hydrogen) atoms. The van der Waals surface area contributed by atoms with E-state index >= 15 is 0 Å². The van der Waals surface area contributed by atoms with Gasteiger partial charge < -0.3 is 29.4 Å². The fourth-order valence-electron chi connectivity index (χ4n) is 2.10. The van der Waals surface area contributed by atoms with Crippen LogP contribution in [-0.4, -0.2) is 44.8 Å². The van der Waals surface area contributed by atoms with Crippen LogP contribution in [0.3, 0.4) is 0 Å². The molecular weight excluding hydrogens is 382 g/mol. The summed E-state index contributed by atoms with van der Waals surface area (Å²) in [6.45, 7) is -0.622. The third-order valence-corrected chi connectivity index (χ3v) is 3.47. The van der Waals surface area contributed by atoms with E-state index in [0.717, 1.165) is 0 Å². The lowest BCUT2D eigenvalue weighted by Gasteiger charge is -2.11. The number of ether oxygens (including phenoxy) is 3. The highest BCUT2D eigenvalue weighted by Crippen LogP contribution is 2.27. The van der Waals surface area contributed by atoms with Gasteiger partial charge in [0, 0.05) is 5.69 Å². The Balaban J connectivity index is 1.92. The number of carbonyl (C=O) groups excluding carboxylic acids is 3. The molecule has 0 unspecified atom stereocenters. The highest BCUT2D eigenvalue weighted by Gasteiger charge is 2.13. The summed E-state index contributed by atoms with van der Waals surface area (Å²) in [5, 5.41) is 16.6. The SMILES string of the molecule is COc1ccc(NC(=O)C(=O)N/N=C\c2ccc(OCC(=O)[O-])c(OC)c2)cc1. The second-order valence-electron chi connectivity index (χ2n) is 5.45. The first-order valence-corrected chi connectivity index (χ1v) is 8.22. The Morgan fingerprint density at radius 1 is 1.00 bits per heavy atom. The molecule has 0 saturated heterocycles. The van der Waals surface area contributed by atoms with Gasteiger partial charge in [-0.3, -0.25) is 9.59 Å². The third-order valence-electron chi connectivity index (χ3n) is 3.47. The van der Waals surface area contributed by atoms with Gasteiger partial charge in [-0.25, -0.2) is 5.43 Å². The largest absolute Gasteiger partial charge is 0.546 e. The van der Waals surface area contributed by atoms with E-state index in [9.17, 15) is 19.5 Å². The van der Waals surface area contributed by atoms with Crippen molar-refractivity contribution in [3.05, 3.63) is 48.0 Å². The minimum absolute atomic E-state index is 0.205. The second-order valence-corrected chi connectivity index (χ2v) is 5.45. The van der Waals surface area contributed by atoms with Gasteiger partial charge in [0.2, 0.25) is 0 Å². The molecule has 2 rings (SSSR count). The number of hydrogen-bond acceptors (Lipinski definition) is 8. The molecule has 10 heteroatoms. The van der Waals surface area contributed by atoms with Gasteiger partial charge in [-0.05, 0) is 48.0 Å². The van der Waals surface area contributed by atoms with Crippen molar-refractivity contribution in [1.29, 1.82) is 0 Å². The summed E-state index contributed by atoms with van der Waals surface area (Å²) in [4.78, 5) is 34.1. The molecule has 0 aliphatic heterocycles. The maximum atomic E-state index is 11.9. The molecule has 0 spiro atoms. The molecule has 0 fully saturated rings. The van der Waals surface area contributed by atoms with Gasteiger partial charge in [0.05, 0.1) is 26.4 Å². The van der Waals surface area contributed by atoms with Crippen molar-refractivity contribution in [2.24, 2.45) is 5.10 Å². The summed E-state index contributed by atoms with van der Waals surface area (Å²) >= 11 is 0. The highest BCUT2D eigenvalue weighted by atomic mass is 16.5. The normalized spacial score (nSPS) is 10.3. The van der Waals surface area contributed by atoms with E-state index in [1.807, 2.05) is 0 Å². The number of benzene rings is 2. The zero-order chi connectivity index (χ0) is 21.2. The van der Waals surface area contributed by atoms with Crippen LogP contribution in [0.25, 0.3) is 0 Å². The van der Waals surface area contributed by atoms with Crippen LogP contribution in [0.1, 0.15) is 5.56 Å². The summed E-state index contributed by atoms with van der Waals surface area (Å²) in [7, 11) is 2.90. The lowest BCUT2D eigenvalue weighted by atomic mass is 10.2. The van der Waals surface area contributed by atoms with E-state index in [1.54, 1.807) is 30.3 Å². The summed E-state index contributed by atoms with van der Waals surface area (Å²) in [6.07, 6.45) is 1.28. The predicted molar refractivity (Wildman–Crippen MR) is 101 cm³/mol. The highest BCUT2D eigenvalue weighted by molar-refractivity contribution is 6.39. The summed E-state index contributed by atoms with van der Waals surface area (Å²) in [6, 6.07) is 11.0. The van der Waals surface area contributed by atoms with Crippen molar-refractivity contribution in [3.63, 3.8) is 0 Å². The van der Waals surface area contributed by atoms with Gasteiger partial charge in [0.25, 0.3) is 0 Å². The van der Waals surface area contributed by atoms with Crippen molar-refractivity contribution >= 4 is 29.7 Å². The molecule has 2 amide bonds. The maximum Gasteiger partial charge on any atom is 0.329 e. The molecule has 0 bridgehead atoms. The number of aliphatic carboxylic acids is 1. The monoisotopic (exact) mass is 400 g/mol. The number of carboxylic acids is 1. The number of anilines is 1. The number of amides is 2. The second kappa shape index (κ2) is 10.3. The number of methoxy groups -OCH3 is 2. The van der Waals surface area contributed by atoms with Gasteiger partial charge in [0.15, 0.2) is 11.5 Å². The van der Waals surface area contributed by atoms with Gasteiger partial charge in [-0.1, -0.05) is 0 Å². The number of carboxylic acid groups (broad SMARTS) is 1. The Morgan fingerprint density at radius 3 is 2.34 bits per heavy atom. The fraction of sp³-hybridized carbons (Fsp3) is 0.158. The maximum absolute atomic E-state index is 11.9. The average molecular weight is 400 g/mol. The van der Waals surface area contributed by atoms with Gasteiger partial charge in [-0.15, -0.1) is 0 Å². The minimum atomic E-state index is -1.37. The van der Waals surface area contributed by atoms with Crippen LogP contribution < -0.4 is 30.1 Å². The van der Waals surface area contributed by atoms with Crippen LogP contribution in [0.5, 0.6) is 17.2 Å². The van der Waals surface area contributed by atoms with Crippen LogP contribution in [0.4, 0.5) is 5.69 Å². The number of hydrazone groups is 1. The molecule has 0 atom stereocenters. The quantitative estimate of drug-likeness (QED) is 0.359. The molecule has 0 aliphatic rings. The molecule has 0 radical (unpaired) electrons. The zero-order valence-corrected chi connectivity index (χ0v) is 15.6. The van der Waals surface area contributed by atoms with Crippen LogP contribution in [0.15, 0.2) is 47.6 Å². The van der Waals surface area contributed by atoms with E-state index < -0.39 is 24.4 Å². The first-order valence-electron chi connectivity index (χ1n) is 8.22. The number of carbonyl (C=O) groups is 3. The van der Waals surface area contributed by atoms with Gasteiger partial charge >= 0.3 is 11.8 Å². The number of hydrogen-bond donors (Lipinski definition) is 2. The van der Waals surface area contributed by atoms with Crippen molar-refractivity contribution in [1.82, 2.24) is 5.43 Å². The Hall–Kier alpha value is -4.08. The Bertz CT molecular complexity index is 911.